The van der Waals surface area contributed by atoms with Crippen LogP contribution in [0.3, 0.4) is 0 Å². The molecule has 0 spiro atoms. The van der Waals surface area contributed by atoms with E-state index < -0.39 is 24.0 Å². The van der Waals surface area contributed by atoms with Crippen LogP contribution in [0.15, 0.2) is 29.5 Å². The van der Waals surface area contributed by atoms with Crippen molar-refractivity contribution in [1.82, 2.24) is 10.6 Å². The fraction of sp³-hybridized carbons (Fsp3) is 0.353. The summed E-state index contributed by atoms with van der Waals surface area (Å²) in [6, 6.07) is 3.44. The number of methoxy groups -OCH3 is 1. The van der Waals surface area contributed by atoms with Crippen LogP contribution in [-0.4, -0.2) is 44.3 Å². The van der Waals surface area contributed by atoms with Crippen LogP contribution in [-0.2, 0) is 14.3 Å². The Morgan fingerprint density at radius 2 is 1.96 bits per heavy atom. The number of urea groups is 1. The fourth-order valence-corrected chi connectivity index (χ4v) is 2.62. The number of nitrogens with one attached hydrogen (secondary N) is 2. The molecule has 2 amide bonds. The summed E-state index contributed by atoms with van der Waals surface area (Å²) in [5.74, 6) is -1.01. The SMILES string of the molecule is CCOC(=O)C1=C(COC(=O)c2cc(Cl)ccc2OC)NC(=O)NC1C. The molecule has 0 fully saturated rings. The lowest BCUT2D eigenvalue weighted by atomic mass is 10.0. The number of esters is 2. The first-order chi connectivity index (χ1) is 12.4. The van der Waals surface area contributed by atoms with E-state index in [0.29, 0.717) is 10.8 Å². The van der Waals surface area contributed by atoms with Crippen molar-refractivity contribution in [2.45, 2.75) is 19.9 Å². The average molecular weight is 383 g/mol. The van der Waals surface area contributed by atoms with Gasteiger partial charge < -0.3 is 24.8 Å². The highest BCUT2D eigenvalue weighted by molar-refractivity contribution is 6.31. The predicted octanol–water partition coefficient (Wildman–Crippen LogP) is 2.02. The van der Waals surface area contributed by atoms with Crippen LogP contribution in [0, 0.1) is 0 Å². The van der Waals surface area contributed by atoms with Crippen LogP contribution in [0.4, 0.5) is 4.79 Å². The highest BCUT2D eigenvalue weighted by atomic mass is 35.5. The number of hydrogen-bond acceptors (Lipinski definition) is 6. The minimum Gasteiger partial charge on any atom is -0.496 e. The van der Waals surface area contributed by atoms with E-state index >= 15 is 0 Å². The molecule has 0 bridgehead atoms. The van der Waals surface area contributed by atoms with Gasteiger partial charge in [-0.15, -0.1) is 0 Å². The fourth-order valence-electron chi connectivity index (χ4n) is 2.45. The van der Waals surface area contributed by atoms with Crippen LogP contribution in [0.25, 0.3) is 0 Å². The number of amides is 2. The summed E-state index contributed by atoms with van der Waals surface area (Å²) in [5.41, 5.74) is 0.484. The summed E-state index contributed by atoms with van der Waals surface area (Å²) in [7, 11) is 1.41. The van der Waals surface area contributed by atoms with E-state index in [1.165, 1.54) is 19.2 Å². The van der Waals surface area contributed by atoms with Crippen molar-refractivity contribution in [2.75, 3.05) is 20.3 Å². The maximum absolute atomic E-state index is 12.4. The molecule has 1 unspecified atom stereocenters. The molecule has 0 aliphatic carbocycles. The molecule has 1 heterocycles. The van der Waals surface area contributed by atoms with E-state index in [4.69, 9.17) is 25.8 Å². The van der Waals surface area contributed by atoms with E-state index in [2.05, 4.69) is 10.6 Å². The van der Waals surface area contributed by atoms with Crippen LogP contribution in [0.1, 0.15) is 24.2 Å². The highest BCUT2D eigenvalue weighted by Crippen LogP contribution is 2.24. The second kappa shape index (κ2) is 8.57. The van der Waals surface area contributed by atoms with Crippen LogP contribution >= 0.6 is 11.6 Å². The molecule has 1 atom stereocenters. The van der Waals surface area contributed by atoms with Gasteiger partial charge >= 0.3 is 18.0 Å². The average Bonchev–Trinajstić information content (AvgIpc) is 2.59. The molecule has 2 rings (SSSR count). The lowest BCUT2D eigenvalue weighted by Gasteiger charge is -2.26. The maximum Gasteiger partial charge on any atom is 0.342 e. The first kappa shape index (κ1) is 19.6. The topological polar surface area (TPSA) is 103 Å². The van der Waals surface area contributed by atoms with Gasteiger partial charge in [-0.2, -0.15) is 0 Å². The van der Waals surface area contributed by atoms with E-state index in [-0.39, 0.29) is 30.0 Å². The molecule has 9 heteroatoms. The van der Waals surface area contributed by atoms with Gasteiger partial charge in [0, 0.05) is 5.02 Å². The molecule has 8 nitrogen and oxygen atoms in total. The largest absolute Gasteiger partial charge is 0.496 e. The van der Waals surface area contributed by atoms with Gasteiger partial charge in [-0.3, -0.25) is 0 Å². The van der Waals surface area contributed by atoms with Gasteiger partial charge in [0.25, 0.3) is 0 Å². The van der Waals surface area contributed by atoms with E-state index in [1.807, 2.05) is 0 Å². The molecule has 0 saturated heterocycles. The second-order valence-electron chi connectivity index (χ2n) is 5.35. The Labute approximate surface area is 155 Å². The maximum atomic E-state index is 12.4. The van der Waals surface area contributed by atoms with E-state index in [0.717, 1.165) is 0 Å². The molecule has 26 heavy (non-hydrogen) atoms. The Hall–Kier alpha value is -2.74. The molecule has 1 aromatic carbocycles. The van der Waals surface area contributed by atoms with Gasteiger partial charge in [0.05, 0.1) is 31.0 Å². The van der Waals surface area contributed by atoms with E-state index in [9.17, 15) is 14.4 Å². The molecule has 1 aliphatic rings. The molecular formula is C17H19ClN2O6. The van der Waals surface area contributed by atoms with Gasteiger partial charge in [0.1, 0.15) is 17.9 Å². The molecule has 1 aromatic rings. The number of ether oxygens (including phenoxy) is 3. The monoisotopic (exact) mass is 382 g/mol. The van der Waals surface area contributed by atoms with Crippen molar-refractivity contribution in [3.05, 3.63) is 40.1 Å². The molecule has 0 radical (unpaired) electrons. The van der Waals surface area contributed by atoms with Gasteiger partial charge in [-0.05, 0) is 32.0 Å². The summed E-state index contributed by atoms with van der Waals surface area (Å²) in [6.07, 6.45) is 0. The van der Waals surface area contributed by atoms with E-state index in [1.54, 1.807) is 19.9 Å². The lowest BCUT2D eigenvalue weighted by molar-refractivity contribution is -0.139. The highest BCUT2D eigenvalue weighted by Gasteiger charge is 2.30. The van der Waals surface area contributed by atoms with Crippen molar-refractivity contribution >= 4 is 29.6 Å². The standard InChI is InChI=1S/C17H19ClN2O6/c1-4-25-16(22)14-9(2)19-17(23)20-12(14)8-26-15(21)11-7-10(18)5-6-13(11)24-3/h5-7,9H,4,8H2,1-3H3,(H2,19,20,23). The second-order valence-corrected chi connectivity index (χ2v) is 5.79. The Kier molecular flexibility index (Phi) is 6.46. The Bertz CT molecular complexity index is 762. The van der Waals surface area contributed by atoms with Crippen LogP contribution in [0.2, 0.25) is 5.02 Å². The van der Waals surface area contributed by atoms with Gasteiger partial charge in [-0.1, -0.05) is 11.6 Å². The lowest BCUT2D eigenvalue weighted by Crippen LogP contribution is -2.50. The first-order valence-electron chi connectivity index (χ1n) is 7.85. The summed E-state index contributed by atoms with van der Waals surface area (Å²) in [4.78, 5) is 36.2. The zero-order valence-corrected chi connectivity index (χ0v) is 15.3. The summed E-state index contributed by atoms with van der Waals surface area (Å²) in [5, 5.41) is 5.37. The van der Waals surface area contributed by atoms with Crippen molar-refractivity contribution in [3.8, 4) is 5.75 Å². The van der Waals surface area contributed by atoms with Gasteiger partial charge in [0.15, 0.2) is 0 Å². The Balaban J connectivity index is 2.23. The molecular weight excluding hydrogens is 364 g/mol. The van der Waals surface area contributed by atoms with Gasteiger partial charge in [0.2, 0.25) is 0 Å². The third kappa shape index (κ3) is 4.45. The smallest absolute Gasteiger partial charge is 0.342 e. The van der Waals surface area contributed by atoms with Crippen molar-refractivity contribution < 1.29 is 28.6 Å². The quantitative estimate of drug-likeness (QED) is 0.730. The van der Waals surface area contributed by atoms with Gasteiger partial charge in [-0.25, -0.2) is 14.4 Å². The predicted molar refractivity (Wildman–Crippen MR) is 93.1 cm³/mol. The molecule has 0 saturated carbocycles. The zero-order chi connectivity index (χ0) is 19.3. The van der Waals surface area contributed by atoms with Crippen LogP contribution < -0.4 is 15.4 Å². The Morgan fingerprint density at radius 1 is 1.23 bits per heavy atom. The number of carbonyl (C=O) groups excluding carboxylic acids is 3. The minimum absolute atomic E-state index is 0.131. The minimum atomic E-state index is -0.708. The molecule has 2 N–H and O–H groups in total. The number of carbonyl (C=O) groups is 3. The molecule has 1 aliphatic heterocycles. The third-order valence-electron chi connectivity index (χ3n) is 3.59. The first-order valence-corrected chi connectivity index (χ1v) is 8.23. The molecule has 140 valence electrons. The zero-order valence-electron chi connectivity index (χ0n) is 14.6. The Morgan fingerprint density at radius 3 is 2.62 bits per heavy atom. The number of benzene rings is 1. The summed E-state index contributed by atoms with van der Waals surface area (Å²) >= 11 is 5.91. The number of hydrogen-bond donors (Lipinski definition) is 2. The van der Waals surface area contributed by atoms with Crippen molar-refractivity contribution in [3.63, 3.8) is 0 Å². The molecule has 0 aromatic heterocycles. The number of rotatable bonds is 6. The number of halogens is 1. The summed E-state index contributed by atoms with van der Waals surface area (Å²) < 4.78 is 15.3. The van der Waals surface area contributed by atoms with Crippen molar-refractivity contribution in [2.24, 2.45) is 0 Å². The summed E-state index contributed by atoms with van der Waals surface area (Å²) in [6.45, 7) is 3.16. The van der Waals surface area contributed by atoms with Crippen LogP contribution in [0.5, 0.6) is 5.75 Å². The van der Waals surface area contributed by atoms with Crippen molar-refractivity contribution in [1.29, 1.82) is 0 Å². The normalized spacial score (nSPS) is 16.5. The third-order valence-corrected chi connectivity index (χ3v) is 3.83.